The van der Waals surface area contributed by atoms with Gasteiger partial charge < -0.3 is 9.84 Å². The molecule has 0 bridgehead atoms. The molecule has 0 aliphatic carbocycles. The lowest BCUT2D eigenvalue weighted by molar-refractivity contribution is -0.136. The molecule has 210 valence electrons. The molecule has 0 aliphatic heterocycles. The van der Waals surface area contributed by atoms with Gasteiger partial charge in [-0.05, 0) is 77.6 Å². The van der Waals surface area contributed by atoms with Crippen LogP contribution in [0, 0.1) is 0 Å². The van der Waals surface area contributed by atoms with Crippen LogP contribution in [0.5, 0.6) is 11.5 Å². The van der Waals surface area contributed by atoms with E-state index >= 15 is 0 Å². The summed E-state index contributed by atoms with van der Waals surface area (Å²) in [5, 5.41) is 9.33. The zero-order valence-electron chi connectivity index (χ0n) is 21.8. The van der Waals surface area contributed by atoms with Gasteiger partial charge in [-0.1, -0.05) is 54.6 Å². The lowest BCUT2D eigenvalue weighted by Crippen LogP contribution is -2.08. The van der Waals surface area contributed by atoms with Gasteiger partial charge in [0.05, 0.1) is 21.7 Å². The molecule has 9 heteroatoms. The van der Waals surface area contributed by atoms with Crippen molar-refractivity contribution in [3.8, 4) is 22.6 Å². The van der Waals surface area contributed by atoms with Crippen molar-refractivity contribution in [3.05, 3.63) is 120 Å². The Morgan fingerprint density at radius 2 is 1.56 bits per heavy atom. The number of halogens is 3. The van der Waals surface area contributed by atoms with Gasteiger partial charge in [-0.3, -0.25) is 4.98 Å². The number of rotatable bonds is 9. The van der Waals surface area contributed by atoms with Gasteiger partial charge in [0.2, 0.25) is 0 Å². The Labute approximate surface area is 235 Å². The van der Waals surface area contributed by atoms with Crippen molar-refractivity contribution in [1.82, 2.24) is 4.98 Å². The minimum atomic E-state index is -4.56. The maximum absolute atomic E-state index is 13.9. The zero-order valence-corrected chi connectivity index (χ0v) is 22.6. The van der Waals surface area contributed by atoms with Crippen LogP contribution < -0.4 is 4.74 Å². The Bertz CT molecular complexity index is 1770. The first kappa shape index (κ1) is 28.3. The highest BCUT2D eigenvalue weighted by atomic mass is 32.2. The van der Waals surface area contributed by atoms with E-state index in [1.165, 1.54) is 36.5 Å². The molecule has 0 radical (unpaired) electrons. The maximum Gasteiger partial charge on any atom is 0.418 e. The van der Waals surface area contributed by atoms with Gasteiger partial charge in [0.15, 0.2) is 9.84 Å². The van der Waals surface area contributed by atoms with Crippen LogP contribution >= 0.6 is 0 Å². The molecule has 0 amide bonds. The number of ether oxygens (including phenoxy) is 1. The summed E-state index contributed by atoms with van der Waals surface area (Å²) in [6, 6.07) is 26.7. The van der Waals surface area contributed by atoms with Crippen molar-refractivity contribution in [2.24, 2.45) is 0 Å². The largest absolute Gasteiger partial charge is 0.457 e. The minimum Gasteiger partial charge on any atom is -0.457 e. The van der Waals surface area contributed by atoms with Crippen LogP contribution in [-0.2, 0) is 22.4 Å². The number of nitrogens with zero attached hydrogens (tertiary/aromatic N) is 1. The molecule has 0 saturated heterocycles. The molecule has 1 heterocycles. The molecule has 0 aliphatic rings. The van der Waals surface area contributed by atoms with Crippen LogP contribution in [0.15, 0.2) is 108 Å². The fourth-order valence-corrected chi connectivity index (χ4v) is 6.02. The van der Waals surface area contributed by atoms with E-state index in [1.54, 1.807) is 24.3 Å². The van der Waals surface area contributed by atoms with E-state index in [0.29, 0.717) is 34.4 Å². The zero-order chi connectivity index (χ0) is 29.0. The van der Waals surface area contributed by atoms with Crippen molar-refractivity contribution < 1.29 is 31.4 Å². The molecule has 5 nitrogen and oxygen atoms in total. The van der Waals surface area contributed by atoms with Crippen molar-refractivity contribution in [3.63, 3.8) is 0 Å². The molecule has 5 aromatic rings. The molecule has 0 saturated carbocycles. The Morgan fingerprint density at radius 3 is 2.27 bits per heavy atom. The Balaban J connectivity index is 1.55. The van der Waals surface area contributed by atoms with Crippen molar-refractivity contribution in [2.75, 3.05) is 12.4 Å². The van der Waals surface area contributed by atoms with E-state index in [9.17, 15) is 21.6 Å². The predicted molar refractivity (Wildman–Crippen MR) is 152 cm³/mol. The second-order valence-corrected chi connectivity index (χ2v) is 11.6. The molecule has 0 spiro atoms. The predicted octanol–water partition coefficient (Wildman–Crippen LogP) is 7.46. The first-order valence-corrected chi connectivity index (χ1v) is 14.5. The quantitative estimate of drug-likeness (QED) is 0.197. The van der Waals surface area contributed by atoms with Crippen LogP contribution in [0.25, 0.3) is 22.0 Å². The summed E-state index contributed by atoms with van der Waals surface area (Å²) in [6.45, 7) is -0.214. The van der Waals surface area contributed by atoms with Crippen LogP contribution in [-0.4, -0.2) is 30.9 Å². The number of alkyl halides is 3. The van der Waals surface area contributed by atoms with E-state index in [-0.39, 0.29) is 29.2 Å². The van der Waals surface area contributed by atoms with Crippen molar-refractivity contribution in [1.29, 1.82) is 0 Å². The number of sulfone groups is 1. The van der Waals surface area contributed by atoms with Crippen LogP contribution in [0.1, 0.15) is 23.1 Å². The summed E-state index contributed by atoms with van der Waals surface area (Å²) in [5.74, 6) is 0.667. The number of hydrogen-bond acceptors (Lipinski definition) is 5. The Hall–Kier alpha value is -4.21. The highest BCUT2D eigenvalue weighted by Gasteiger charge is 2.33. The van der Waals surface area contributed by atoms with E-state index in [1.807, 2.05) is 36.4 Å². The monoisotopic (exact) mass is 577 g/mol. The molecule has 4 aromatic carbocycles. The standard InChI is InChI=1S/C32H26F3NO4S/c33-32(34,35)29-12-5-11-28-30(24(21-36-31(28)29)19-22-7-2-1-3-8-22)23-9-4-10-26(20-23)40-25-13-15-27(16-14-25)41(38,39)18-6-17-37/h1-5,7-16,20-21,37H,6,17-19H2. The topological polar surface area (TPSA) is 76.5 Å². The fourth-order valence-electron chi connectivity index (χ4n) is 4.72. The van der Waals surface area contributed by atoms with E-state index in [4.69, 9.17) is 9.84 Å². The first-order valence-electron chi connectivity index (χ1n) is 12.9. The van der Waals surface area contributed by atoms with Crippen molar-refractivity contribution in [2.45, 2.75) is 23.9 Å². The third-order valence-corrected chi connectivity index (χ3v) is 8.45. The number of aliphatic hydroxyl groups is 1. The highest BCUT2D eigenvalue weighted by molar-refractivity contribution is 7.91. The number of benzene rings is 4. The third-order valence-electron chi connectivity index (χ3n) is 6.63. The molecule has 5 rings (SSSR count). The number of aromatic nitrogens is 1. The lowest BCUT2D eigenvalue weighted by Gasteiger charge is -2.17. The maximum atomic E-state index is 13.9. The molecule has 0 unspecified atom stereocenters. The summed E-state index contributed by atoms with van der Waals surface area (Å²) in [4.78, 5) is 4.38. The Morgan fingerprint density at radius 1 is 0.829 bits per heavy atom. The Kier molecular flexibility index (Phi) is 8.10. The molecular weight excluding hydrogens is 551 g/mol. The SMILES string of the molecule is O=S(=O)(CCCO)c1ccc(Oc2cccc(-c3c(Cc4ccccc4)cnc4c(C(F)(F)F)cccc34)c2)cc1. The summed E-state index contributed by atoms with van der Waals surface area (Å²) < 4.78 is 72.4. The van der Waals surface area contributed by atoms with Gasteiger partial charge in [0, 0.05) is 18.2 Å². The number of para-hydroxylation sites is 1. The van der Waals surface area contributed by atoms with E-state index in [0.717, 1.165) is 17.2 Å². The molecule has 0 fully saturated rings. The summed E-state index contributed by atoms with van der Waals surface area (Å²) >= 11 is 0. The van der Waals surface area contributed by atoms with E-state index < -0.39 is 21.6 Å². The van der Waals surface area contributed by atoms with E-state index in [2.05, 4.69) is 4.98 Å². The number of pyridine rings is 1. The summed E-state index contributed by atoms with van der Waals surface area (Å²) in [7, 11) is -3.52. The normalized spacial score (nSPS) is 12.0. The highest BCUT2D eigenvalue weighted by Crippen LogP contribution is 2.40. The van der Waals surface area contributed by atoms with Crippen molar-refractivity contribution >= 4 is 20.7 Å². The average molecular weight is 578 g/mol. The van der Waals surface area contributed by atoms with Crippen LogP contribution in [0.3, 0.4) is 0 Å². The lowest BCUT2D eigenvalue weighted by atomic mass is 9.92. The van der Waals surface area contributed by atoms with Gasteiger partial charge >= 0.3 is 6.18 Å². The number of aliphatic hydroxyl groups excluding tert-OH is 1. The summed E-state index contributed by atoms with van der Waals surface area (Å²) in [6.07, 6.45) is -2.45. The molecule has 0 atom stereocenters. The third kappa shape index (κ3) is 6.42. The smallest absolute Gasteiger partial charge is 0.418 e. The van der Waals surface area contributed by atoms with Crippen LogP contribution in [0.2, 0.25) is 0 Å². The second-order valence-electron chi connectivity index (χ2n) is 9.52. The first-order chi connectivity index (χ1) is 19.7. The molecule has 1 N–H and O–H groups in total. The molecule has 1 aromatic heterocycles. The molecule has 41 heavy (non-hydrogen) atoms. The summed E-state index contributed by atoms with van der Waals surface area (Å²) in [5.41, 5.74) is 2.10. The minimum absolute atomic E-state index is 0.126. The number of hydrogen-bond donors (Lipinski definition) is 1. The second kappa shape index (κ2) is 11.7. The van der Waals surface area contributed by atoms with Gasteiger partial charge in [-0.25, -0.2) is 8.42 Å². The molecular formula is C32H26F3NO4S. The average Bonchev–Trinajstić information content (AvgIpc) is 2.96. The van der Waals surface area contributed by atoms with Gasteiger partial charge in [-0.2, -0.15) is 13.2 Å². The van der Waals surface area contributed by atoms with Gasteiger partial charge in [0.25, 0.3) is 0 Å². The van der Waals surface area contributed by atoms with Crippen LogP contribution in [0.4, 0.5) is 13.2 Å². The fraction of sp³-hybridized carbons (Fsp3) is 0.156. The van der Waals surface area contributed by atoms with Gasteiger partial charge in [0.1, 0.15) is 11.5 Å². The van der Waals surface area contributed by atoms with Gasteiger partial charge in [-0.15, -0.1) is 0 Å². The number of fused-ring (bicyclic) bond motifs is 1.